The van der Waals surface area contributed by atoms with Crippen LogP contribution in [0, 0.1) is 6.92 Å². The molecule has 1 fully saturated rings. The Hall–Kier alpha value is -1.84. The van der Waals surface area contributed by atoms with Crippen molar-refractivity contribution >= 4 is 17.5 Å². The van der Waals surface area contributed by atoms with Crippen LogP contribution < -0.4 is 5.32 Å². The number of nitrogens with zero attached hydrogens (tertiary/aromatic N) is 1. The van der Waals surface area contributed by atoms with Crippen LogP contribution in [0.3, 0.4) is 0 Å². The van der Waals surface area contributed by atoms with E-state index in [2.05, 4.69) is 5.32 Å². The molecule has 4 nitrogen and oxygen atoms in total. The summed E-state index contributed by atoms with van der Waals surface area (Å²) in [4.78, 5) is 25.2. The van der Waals surface area contributed by atoms with E-state index < -0.39 is 6.04 Å². The lowest BCUT2D eigenvalue weighted by atomic mass is 10.2. The van der Waals surface area contributed by atoms with Gasteiger partial charge in [0.2, 0.25) is 5.91 Å². The maximum Gasteiger partial charge on any atom is 0.252 e. The van der Waals surface area contributed by atoms with Gasteiger partial charge in [0.05, 0.1) is 6.42 Å². The second-order valence-electron chi connectivity index (χ2n) is 4.96. The molecule has 2 rings (SSSR count). The third-order valence-corrected chi connectivity index (χ3v) is 3.09. The zero-order valence-corrected chi connectivity index (χ0v) is 10.9. The Bertz CT molecular complexity index is 465. The largest absolute Gasteiger partial charge is 0.373 e. The molecule has 0 aliphatic carbocycles. The van der Waals surface area contributed by atoms with Crippen molar-refractivity contribution in [3.63, 3.8) is 0 Å². The van der Waals surface area contributed by atoms with Crippen LogP contribution in [0.1, 0.15) is 25.8 Å². The van der Waals surface area contributed by atoms with Crippen molar-refractivity contribution in [3.8, 4) is 0 Å². The van der Waals surface area contributed by atoms with Crippen LogP contribution in [0.5, 0.6) is 0 Å². The third kappa shape index (κ3) is 2.37. The molecule has 1 N–H and O–H groups in total. The summed E-state index contributed by atoms with van der Waals surface area (Å²) in [6.07, 6.45) is 0.241. The lowest BCUT2D eigenvalue weighted by Crippen LogP contribution is -2.39. The summed E-state index contributed by atoms with van der Waals surface area (Å²) in [5.41, 5.74) is 2.04. The molecule has 0 saturated carbocycles. The highest BCUT2D eigenvalue weighted by Gasteiger charge is 2.39. The van der Waals surface area contributed by atoms with Gasteiger partial charge in [0, 0.05) is 11.7 Å². The first kappa shape index (κ1) is 12.6. The van der Waals surface area contributed by atoms with Gasteiger partial charge in [0.25, 0.3) is 5.91 Å². The predicted octanol–water partition coefficient (Wildman–Crippen LogP) is 1.94. The van der Waals surface area contributed by atoms with Gasteiger partial charge in [0.15, 0.2) is 0 Å². The van der Waals surface area contributed by atoms with Crippen molar-refractivity contribution < 1.29 is 9.59 Å². The van der Waals surface area contributed by atoms with Gasteiger partial charge in [-0.1, -0.05) is 17.7 Å². The number of benzene rings is 1. The molecule has 0 spiro atoms. The van der Waals surface area contributed by atoms with Gasteiger partial charge < -0.3 is 5.32 Å². The van der Waals surface area contributed by atoms with E-state index >= 15 is 0 Å². The lowest BCUT2D eigenvalue weighted by molar-refractivity contribution is -0.140. The van der Waals surface area contributed by atoms with Crippen molar-refractivity contribution in [3.05, 3.63) is 29.8 Å². The van der Waals surface area contributed by atoms with Crippen molar-refractivity contribution in [1.82, 2.24) is 4.90 Å². The number of rotatable bonds is 3. The first-order chi connectivity index (χ1) is 8.49. The number of nitrogens with one attached hydrogen (secondary N) is 1. The topological polar surface area (TPSA) is 49.4 Å². The molecule has 0 bridgehead atoms. The predicted molar refractivity (Wildman–Crippen MR) is 70.2 cm³/mol. The molecule has 1 aliphatic heterocycles. The molecular formula is C14H18N2O2. The van der Waals surface area contributed by atoms with Crippen LogP contribution in [-0.4, -0.2) is 28.8 Å². The van der Waals surface area contributed by atoms with Crippen LogP contribution >= 0.6 is 0 Å². The zero-order chi connectivity index (χ0) is 13.3. The summed E-state index contributed by atoms with van der Waals surface area (Å²) < 4.78 is 0. The van der Waals surface area contributed by atoms with Crippen LogP contribution in [0.25, 0.3) is 0 Å². The summed E-state index contributed by atoms with van der Waals surface area (Å²) in [5, 5.41) is 3.12. The Balaban J connectivity index is 2.10. The summed E-state index contributed by atoms with van der Waals surface area (Å²) >= 11 is 0. The van der Waals surface area contributed by atoms with Gasteiger partial charge in [-0.3, -0.25) is 14.5 Å². The molecule has 1 heterocycles. The third-order valence-electron chi connectivity index (χ3n) is 3.09. The second-order valence-corrected chi connectivity index (χ2v) is 4.96. The van der Waals surface area contributed by atoms with Crippen molar-refractivity contribution in [2.75, 3.05) is 5.32 Å². The number of hydrogen-bond donors (Lipinski definition) is 1. The smallest absolute Gasteiger partial charge is 0.252 e. The monoisotopic (exact) mass is 246 g/mol. The molecule has 18 heavy (non-hydrogen) atoms. The normalized spacial score (nSPS) is 19.8. The number of amides is 2. The van der Waals surface area contributed by atoms with Gasteiger partial charge >= 0.3 is 0 Å². The Morgan fingerprint density at radius 3 is 2.33 bits per heavy atom. The van der Waals surface area contributed by atoms with Gasteiger partial charge in [-0.15, -0.1) is 0 Å². The molecule has 96 valence electrons. The molecule has 1 aromatic carbocycles. The minimum atomic E-state index is -0.428. The maximum absolute atomic E-state index is 12.1. The fourth-order valence-corrected chi connectivity index (χ4v) is 2.16. The standard InChI is InChI=1S/C14H18N2O2/c1-9(2)16-13(17)8-12(14(16)18)15-11-6-4-10(3)5-7-11/h4-7,9,12,15H,8H2,1-3H3. The van der Waals surface area contributed by atoms with Crippen molar-refractivity contribution in [2.24, 2.45) is 0 Å². The Kier molecular flexibility index (Phi) is 3.36. The van der Waals surface area contributed by atoms with E-state index in [0.717, 1.165) is 11.3 Å². The Morgan fingerprint density at radius 1 is 1.22 bits per heavy atom. The maximum atomic E-state index is 12.1. The van der Waals surface area contributed by atoms with E-state index in [1.54, 1.807) is 0 Å². The zero-order valence-electron chi connectivity index (χ0n) is 10.9. The average molecular weight is 246 g/mol. The number of hydrogen-bond acceptors (Lipinski definition) is 3. The van der Waals surface area contributed by atoms with Crippen LogP contribution in [0.4, 0.5) is 5.69 Å². The summed E-state index contributed by atoms with van der Waals surface area (Å²) in [6.45, 7) is 5.71. The molecular weight excluding hydrogens is 228 g/mol. The fourth-order valence-electron chi connectivity index (χ4n) is 2.16. The molecule has 2 amide bonds. The number of anilines is 1. The van der Waals surface area contributed by atoms with Crippen LogP contribution in [-0.2, 0) is 9.59 Å². The summed E-state index contributed by atoms with van der Waals surface area (Å²) in [6, 6.07) is 7.29. The number of imide groups is 1. The second kappa shape index (κ2) is 4.80. The highest BCUT2D eigenvalue weighted by Crippen LogP contribution is 2.20. The van der Waals surface area contributed by atoms with Gasteiger partial charge in [-0.25, -0.2) is 0 Å². The molecule has 0 aromatic heterocycles. The van der Waals surface area contributed by atoms with Gasteiger partial charge in [-0.05, 0) is 32.9 Å². The lowest BCUT2D eigenvalue weighted by Gasteiger charge is -2.19. The van der Waals surface area contributed by atoms with Crippen molar-refractivity contribution in [1.29, 1.82) is 0 Å². The summed E-state index contributed by atoms with van der Waals surface area (Å²) in [7, 11) is 0. The van der Waals surface area contributed by atoms with Gasteiger partial charge in [-0.2, -0.15) is 0 Å². The summed E-state index contributed by atoms with van der Waals surface area (Å²) in [5.74, 6) is -0.227. The SMILES string of the molecule is Cc1ccc(NC2CC(=O)N(C(C)C)C2=O)cc1. The molecule has 0 radical (unpaired) electrons. The van der Waals surface area contributed by atoms with Crippen molar-refractivity contribution in [2.45, 2.75) is 39.3 Å². The van der Waals surface area contributed by atoms with Gasteiger partial charge in [0.1, 0.15) is 6.04 Å². The van der Waals surface area contributed by atoms with E-state index in [9.17, 15) is 9.59 Å². The van der Waals surface area contributed by atoms with Crippen LogP contribution in [0.15, 0.2) is 24.3 Å². The van der Waals surface area contributed by atoms with E-state index in [-0.39, 0.29) is 24.3 Å². The quantitative estimate of drug-likeness (QED) is 0.829. The highest BCUT2D eigenvalue weighted by atomic mass is 16.2. The highest BCUT2D eigenvalue weighted by molar-refractivity contribution is 6.07. The average Bonchev–Trinajstić information content (AvgIpc) is 2.57. The molecule has 1 atom stereocenters. The van der Waals surface area contributed by atoms with E-state index in [4.69, 9.17) is 0 Å². The molecule has 4 heteroatoms. The fraction of sp³-hybridized carbons (Fsp3) is 0.429. The number of carbonyl (C=O) groups excluding carboxylic acids is 2. The van der Waals surface area contributed by atoms with E-state index in [1.807, 2.05) is 45.0 Å². The molecule has 1 aliphatic rings. The Labute approximate surface area is 107 Å². The first-order valence-corrected chi connectivity index (χ1v) is 6.18. The number of carbonyl (C=O) groups is 2. The first-order valence-electron chi connectivity index (χ1n) is 6.18. The minimum Gasteiger partial charge on any atom is -0.373 e. The van der Waals surface area contributed by atoms with E-state index in [0.29, 0.717) is 0 Å². The Morgan fingerprint density at radius 2 is 1.83 bits per heavy atom. The molecule has 1 unspecified atom stereocenters. The number of likely N-dealkylation sites (tertiary alicyclic amines) is 1. The van der Waals surface area contributed by atoms with Crippen LogP contribution in [0.2, 0.25) is 0 Å². The van der Waals surface area contributed by atoms with E-state index in [1.165, 1.54) is 4.90 Å². The molecule has 1 aromatic rings. The number of aryl methyl sites for hydroxylation is 1. The molecule has 1 saturated heterocycles. The minimum absolute atomic E-state index is 0.0742.